The molecule has 6 heteroatoms. The van der Waals surface area contributed by atoms with Crippen LogP contribution in [0.15, 0.2) is 60.7 Å². The number of nitrogens with one attached hydrogen (secondary N) is 1. The van der Waals surface area contributed by atoms with Gasteiger partial charge < -0.3 is 16.8 Å². The van der Waals surface area contributed by atoms with Gasteiger partial charge in [0.15, 0.2) is 0 Å². The lowest BCUT2D eigenvalue weighted by molar-refractivity contribution is -0.125. The average Bonchev–Trinajstić information content (AvgIpc) is 2.71. The zero-order chi connectivity index (χ0) is 19.5. The lowest BCUT2D eigenvalue weighted by atomic mass is 10.1. The van der Waals surface area contributed by atoms with Gasteiger partial charge in [-0.25, -0.2) is 0 Å². The zero-order valence-electron chi connectivity index (χ0n) is 15.3. The summed E-state index contributed by atoms with van der Waals surface area (Å²) >= 11 is 1.21. The molecular formula is C21H27N3O2S. The van der Waals surface area contributed by atoms with Crippen LogP contribution < -0.4 is 16.8 Å². The van der Waals surface area contributed by atoms with E-state index in [9.17, 15) is 9.59 Å². The van der Waals surface area contributed by atoms with Crippen molar-refractivity contribution in [3.8, 4) is 0 Å². The Kier molecular flexibility index (Phi) is 9.04. The van der Waals surface area contributed by atoms with Gasteiger partial charge in [-0.1, -0.05) is 72.4 Å². The molecule has 2 atom stereocenters. The highest BCUT2D eigenvalue weighted by Gasteiger charge is 2.24. The maximum absolute atomic E-state index is 12.8. The van der Waals surface area contributed by atoms with Gasteiger partial charge in [0, 0.05) is 12.2 Å². The SMILES string of the molecule is NCCC[C@@H](N)C(=O)N[C@H](Cc1ccccc1)C(=O)SCc1ccccc1. The number of amides is 1. The summed E-state index contributed by atoms with van der Waals surface area (Å²) in [4.78, 5) is 25.2. The Hall–Kier alpha value is -2.15. The molecule has 0 saturated heterocycles. The monoisotopic (exact) mass is 385 g/mol. The summed E-state index contributed by atoms with van der Waals surface area (Å²) in [6, 6.07) is 18.2. The van der Waals surface area contributed by atoms with Crippen molar-refractivity contribution in [1.82, 2.24) is 5.32 Å². The number of rotatable bonds is 10. The Bertz CT molecular complexity index is 710. The van der Waals surface area contributed by atoms with E-state index in [2.05, 4.69) is 5.32 Å². The van der Waals surface area contributed by atoms with Gasteiger partial charge in [-0.05, 0) is 30.5 Å². The van der Waals surface area contributed by atoms with Gasteiger partial charge in [-0.3, -0.25) is 9.59 Å². The Balaban J connectivity index is 2.01. The minimum Gasteiger partial charge on any atom is -0.344 e. The van der Waals surface area contributed by atoms with Crippen LogP contribution in [0.1, 0.15) is 24.0 Å². The molecule has 5 nitrogen and oxygen atoms in total. The Morgan fingerprint density at radius 3 is 2.15 bits per heavy atom. The summed E-state index contributed by atoms with van der Waals surface area (Å²) in [5, 5.41) is 2.77. The molecular weight excluding hydrogens is 358 g/mol. The van der Waals surface area contributed by atoms with Gasteiger partial charge in [-0.15, -0.1) is 0 Å². The number of hydrogen-bond donors (Lipinski definition) is 3. The van der Waals surface area contributed by atoms with Gasteiger partial charge in [0.05, 0.1) is 6.04 Å². The fourth-order valence-corrected chi connectivity index (χ4v) is 3.46. The van der Waals surface area contributed by atoms with E-state index in [1.54, 1.807) is 0 Å². The summed E-state index contributed by atoms with van der Waals surface area (Å²) in [6.45, 7) is 0.486. The average molecular weight is 386 g/mol. The third-order valence-electron chi connectivity index (χ3n) is 4.16. The van der Waals surface area contributed by atoms with Crippen molar-refractivity contribution in [2.45, 2.75) is 37.1 Å². The van der Waals surface area contributed by atoms with E-state index < -0.39 is 12.1 Å². The van der Waals surface area contributed by atoms with E-state index in [-0.39, 0.29) is 11.0 Å². The van der Waals surface area contributed by atoms with Crippen LogP contribution in [0.3, 0.4) is 0 Å². The van der Waals surface area contributed by atoms with Crippen molar-refractivity contribution >= 4 is 22.8 Å². The molecule has 0 fully saturated rings. The van der Waals surface area contributed by atoms with Crippen LogP contribution in [-0.2, 0) is 21.8 Å². The van der Waals surface area contributed by atoms with Crippen LogP contribution in [0.5, 0.6) is 0 Å². The fraction of sp³-hybridized carbons (Fsp3) is 0.333. The molecule has 2 rings (SSSR count). The van der Waals surface area contributed by atoms with E-state index >= 15 is 0 Å². The minimum atomic E-state index is -0.654. The molecule has 5 N–H and O–H groups in total. The summed E-state index contributed by atoms with van der Waals surface area (Å²) in [7, 11) is 0. The molecule has 2 aromatic carbocycles. The van der Waals surface area contributed by atoms with E-state index in [4.69, 9.17) is 11.5 Å². The number of benzene rings is 2. The standard InChI is InChI=1S/C21H27N3O2S/c22-13-7-12-18(23)20(25)24-19(14-16-8-3-1-4-9-16)21(26)27-15-17-10-5-2-6-11-17/h1-6,8-11,18-19H,7,12-15,22-23H2,(H,24,25)/t18-,19-/m1/s1. The largest absolute Gasteiger partial charge is 0.344 e. The minimum absolute atomic E-state index is 0.0675. The molecule has 2 aromatic rings. The smallest absolute Gasteiger partial charge is 0.237 e. The van der Waals surface area contributed by atoms with Crippen molar-refractivity contribution in [3.05, 3.63) is 71.8 Å². The molecule has 0 saturated carbocycles. The van der Waals surface area contributed by atoms with E-state index in [1.807, 2.05) is 60.7 Å². The van der Waals surface area contributed by atoms with Gasteiger partial charge in [-0.2, -0.15) is 0 Å². The first-order chi connectivity index (χ1) is 13.1. The first kappa shape index (κ1) is 21.2. The molecule has 1 amide bonds. The van der Waals surface area contributed by atoms with Crippen LogP contribution in [0.4, 0.5) is 0 Å². The molecule has 0 spiro atoms. The van der Waals surface area contributed by atoms with Crippen LogP contribution >= 0.6 is 11.8 Å². The Morgan fingerprint density at radius 1 is 0.963 bits per heavy atom. The number of nitrogens with two attached hydrogens (primary N) is 2. The topological polar surface area (TPSA) is 98.2 Å². The summed E-state index contributed by atoms with van der Waals surface area (Å²) in [5.41, 5.74) is 13.5. The molecule has 0 heterocycles. The van der Waals surface area contributed by atoms with Gasteiger partial charge >= 0.3 is 0 Å². The first-order valence-corrected chi connectivity index (χ1v) is 10.1. The van der Waals surface area contributed by atoms with Crippen LogP contribution in [-0.4, -0.2) is 29.7 Å². The van der Waals surface area contributed by atoms with Crippen LogP contribution in [0, 0.1) is 0 Å². The quantitative estimate of drug-likeness (QED) is 0.583. The molecule has 27 heavy (non-hydrogen) atoms. The van der Waals surface area contributed by atoms with Gasteiger partial charge in [0.2, 0.25) is 11.0 Å². The molecule has 0 radical (unpaired) electrons. The molecule has 0 unspecified atom stereocenters. The molecule has 0 aliphatic rings. The highest BCUT2D eigenvalue weighted by Crippen LogP contribution is 2.17. The number of hydrogen-bond acceptors (Lipinski definition) is 5. The Morgan fingerprint density at radius 2 is 1.56 bits per heavy atom. The fourth-order valence-electron chi connectivity index (χ4n) is 2.62. The third kappa shape index (κ3) is 7.54. The second-order valence-electron chi connectivity index (χ2n) is 6.38. The van der Waals surface area contributed by atoms with Crippen LogP contribution in [0.2, 0.25) is 0 Å². The third-order valence-corrected chi connectivity index (χ3v) is 5.21. The second kappa shape index (κ2) is 11.5. The highest BCUT2D eigenvalue weighted by atomic mass is 32.2. The highest BCUT2D eigenvalue weighted by molar-refractivity contribution is 8.13. The lowest BCUT2D eigenvalue weighted by Gasteiger charge is -2.20. The zero-order valence-corrected chi connectivity index (χ0v) is 16.2. The molecule has 0 aliphatic heterocycles. The number of carbonyl (C=O) groups is 2. The molecule has 0 aliphatic carbocycles. The maximum atomic E-state index is 12.8. The van der Waals surface area contributed by atoms with Gasteiger partial charge in [0.1, 0.15) is 6.04 Å². The number of thioether (sulfide) groups is 1. The van der Waals surface area contributed by atoms with E-state index in [0.717, 1.165) is 11.1 Å². The summed E-state index contributed by atoms with van der Waals surface area (Å²) in [5.74, 6) is 0.262. The van der Waals surface area contributed by atoms with Crippen molar-refractivity contribution in [3.63, 3.8) is 0 Å². The van der Waals surface area contributed by atoms with Crippen molar-refractivity contribution in [1.29, 1.82) is 0 Å². The lowest BCUT2D eigenvalue weighted by Crippen LogP contribution is -2.48. The van der Waals surface area contributed by atoms with E-state index in [0.29, 0.717) is 31.6 Å². The number of carbonyl (C=O) groups excluding carboxylic acids is 2. The molecule has 144 valence electrons. The van der Waals surface area contributed by atoms with Crippen molar-refractivity contribution in [2.75, 3.05) is 6.54 Å². The van der Waals surface area contributed by atoms with Gasteiger partial charge in [0.25, 0.3) is 0 Å². The first-order valence-electron chi connectivity index (χ1n) is 9.10. The molecule has 0 aromatic heterocycles. The predicted octanol–water partition coefficient (Wildman–Crippen LogP) is 2.24. The van der Waals surface area contributed by atoms with E-state index in [1.165, 1.54) is 11.8 Å². The molecule has 0 bridgehead atoms. The van der Waals surface area contributed by atoms with Crippen LogP contribution in [0.25, 0.3) is 0 Å². The normalized spacial score (nSPS) is 13.0. The van der Waals surface area contributed by atoms with Crippen molar-refractivity contribution in [2.24, 2.45) is 11.5 Å². The van der Waals surface area contributed by atoms with Crippen molar-refractivity contribution < 1.29 is 9.59 Å². The summed E-state index contributed by atoms with van der Waals surface area (Å²) < 4.78 is 0. The predicted molar refractivity (Wildman–Crippen MR) is 111 cm³/mol. The Labute approximate surface area is 164 Å². The maximum Gasteiger partial charge on any atom is 0.237 e. The second-order valence-corrected chi connectivity index (χ2v) is 7.36. The summed E-state index contributed by atoms with van der Waals surface area (Å²) in [6.07, 6.45) is 1.62.